The van der Waals surface area contributed by atoms with E-state index >= 15 is 0 Å². The number of rotatable bonds is 7. The number of benzodiazepines with no additional fused rings is 1. The van der Waals surface area contributed by atoms with E-state index in [1.54, 1.807) is 13.3 Å². The molecule has 3 N–H and O–H groups in total. The van der Waals surface area contributed by atoms with Gasteiger partial charge in [0.25, 0.3) is 5.89 Å². The van der Waals surface area contributed by atoms with Gasteiger partial charge in [0.2, 0.25) is 0 Å². The van der Waals surface area contributed by atoms with Gasteiger partial charge in [-0.1, -0.05) is 53.6 Å². The molecule has 10 nitrogen and oxygen atoms in total. The van der Waals surface area contributed by atoms with Crippen LogP contribution in [0.2, 0.25) is 0 Å². The van der Waals surface area contributed by atoms with E-state index in [0.717, 1.165) is 22.5 Å². The van der Waals surface area contributed by atoms with E-state index in [0.29, 0.717) is 19.0 Å². The van der Waals surface area contributed by atoms with Gasteiger partial charge in [0.15, 0.2) is 18.2 Å². The second kappa shape index (κ2) is 9.23. The fourth-order valence-electron chi connectivity index (χ4n) is 3.65. The van der Waals surface area contributed by atoms with Crippen molar-refractivity contribution in [3.05, 3.63) is 78.1 Å². The highest BCUT2D eigenvalue weighted by Gasteiger charge is 2.27. The van der Waals surface area contributed by atoms with Crippen molar-refractivity contribution < 1.29 is 14.3 Å². The number of benzene rings is 2. The van der Waals surface area contributed by atoms with Crippen molar-refractivity contribution in [2.45, 2.75) is 18.9 Å². The van der Waals surface area contributed by atoms with Crippen LogP contribution in [0.1, 0.15) is 11.1 Å². The number of nitrogens with one attached hydrogen (secondary N) is 2. The smallest absolute Gasteiger partial charge is 0.317 e. The first-order valence-electron chi connectivity index (χ1n) is 10.5. The monoisotopic (exact) mass is 445 g/mol. The summed E-state index contributed by atoms with van der Waals surface area (Å²) < 4.78 is 12.8. The summed E-state index contributed by atoms with van der Waals surface area (Å²) in [6.07, 6.45) is 1.66. The first-order valence-corrected chi connectivity index (χ1v) is 10.5. The van der Waals surface area contributed by atoms with Crippen molar-refractivity contribution in [2.75, 3.05) is 24.4 Å². The fourth-order valence-corrected chi connectivity index (χ4v) is 3.65. The summed E-state index contributed by atoms with van der Waals surface area (Å²) in [5, 5.41) is 25.2. The molecule has 0 radical (unpaired) electrons. The van der Waals surface area contributed by atoms with Crippen LogP contribution in [0.15, 0.2) is 76.4 Å². The van der Waals surface area contributed by atoms with Crippen molar-refractivity contribution >= 4 is 17.4 Å². The van der Waals surface area contributed by atoms with Gasteiger partial charge in [-0.3, -0.25) is 4.99 Å². The largest absolute Gasteiger partial charge is 0.400 e. The fraction of sp³-hybridized carbons (Fsp3) is 0.217. The average molecular weight is 445 g/mol. The molecule has 0 fully saturated rings. The Morgan fingerprint density at radius 2 is 1.94 bits per heavy atom. The number of hydrogen-bond donors (Lipinski definition) is 3. The lowest BCUT2D eigenvalue weighted by Crippen LogP contribution is -2.37. The standard InChI is InChI=1S/C23H23N7O3/c1-32-14-13-30-12-11-24-20(30)22-28-29-23(33-22)27-19-21(31)25-17-10-6-5-9-16(17)18(26-19)15-7-3-2-4-8-15/h2-12,19,21,25,31H,13-14H2,1H3,(H,27,29)/t19-,21?/m1/s1. The zero-order chi connectivity index (χ0) is 22.6. The van der Waals surface area contributed by atoms with Crippen LogP contribution in [0.25, 0.3) is 11.7 Å². The molecule has 0 aliphatic carbocycles. The van der Waals surface area contributed by atoms with Gasteiger partial charge in [-0.05, 0) is 6.07 Å². The van der Waals surface area contributed by atoms with Crippen LogP contribution in [-0.4, -0.2) is 56.7 Å². The molecule has 0 saturated carbocycles. The van der Waals surface area contributed by atoms with Gasteiger partial charge >= 0.3 is 6.01 Å². The molecular formula is C23H23N7O3. The van der Waals surface area contributed by atoms with Gasteiger partial charge in [0.1, 0.15) is 0 Å². The molecular weight excluding hydrogens is 422 g/mol. The number of anilines is 2. The predicted octanol–water partition coefficient (Wildman–Crippen LogP) is 2.60. The number of ether oxygens (including phenoxy) is 1. The van der Waals surface area contributed by atoms with Crippen molar-refractivity contribution in [1.29, 1.82) is 0 Å². The Bertz CT molecular complexity index is 1250. The summed E-state index contributed by atoms with van der Waals surface area (Å²) in [6.45, 7) is 1.13. The molecule has 1 aliphatic heterocycles. The third-order valence-corrected chi connectivity index (χ3v) is 5.24. The van der Waals surface area contributed by atoms with Crippen LogP contribution in [0.3, 0.4) is 0 Å². The number of imidazole rings is 1. The molecule has 3 heterocycles. The molecule has 2 aromatic carbocycles. The highest BCUT2D eigenvalue weighted by atomic mass is 16.5. The Morgan fingerprint density at radius 1 is 1.12 bits per heavy atom. The molecule has 2 aromatic heterocycles. The SMILES string of the molecule is COCCn1ccnc1-c1nnc(N[C@H]2N=C(c3ccccc3)c3ccccc3NC2O)o1. The Morgan fingerprint density at radius 3 is 2.79 bits per heavy atom. The Labute approximate surface area is 190 Å². The number of hydrogen-bond acceptors (Lipinski definition) is 9. The number of aromatic nitrogens is 4. The summed E-state index contributed by atoms with van der Waals surface area (Å²) in [6, 6.07) is 17.7. The minimum Gasteiger partial charge on any atom is -0.400 e. The topological polar surface area (TPSA) is 123 Å². The second-order valence-corrected chi connectivity index (χ2v) is 7.42. The number of para-hydroxylation sites is 1. The maximum atomic E-state index is 10.9. The molecule has 168 valence electrons. The molecule has 5 rings (SSSR count). The molecule has 10 heteroatoms. The van der Waals surface area contributed by atoms with Crippen molar-refractivity contribution in [2.24, 2.45) is 4.99 Å². The van der Waals surface area contributed by atoms with E-state index in [9.17, 15) is 5.11 Å². The summed E-state index contributed by atoms with van der Waals surface area (Å²) in [5.74, 6) is 0.790. The van der Waals surface area contributed by atoms with Crippen LogP contribution in [-0.2, 0) is 11.3 Å². The third kappa shape index (κ3) is 4.34. The van der Waals surface area contributed by atoms with Gasteiger partial charge in [-0.15, -0.1) is 5.10 Å². The number of methoxy groups -OCH3 is 1. The normalized spacial score (nSPS) is 17.6. The maximum absolute atomic E-state index is 10.9. The predicted molar refractivity (Wildman–Crippen MR) is 123 cm³/mol. The van der Waals surface area contributed by atoms with Crippen molar-refractivity contribution in [3.63, 3.8) is 0 Å². The van der Waals surface area contributed by atoms with Crippen LogP contribution >= 0.6 is 0 Å². The van der Waals surface area contributed by atoms with Gasteiger partial charge in [-0.25, -0.2) is 4.98 Å². The summed E-state index contributed by atoms with van der Waals surface area (Å²) in [5.41, 5.74) is 3.34. The molecule has 33 heavy (non-hydrogen) atoms. The first-order chi connectivity index (χ1) is 16.2. The number of aliphatic hydroxyl groups is 1. The minimum absolute atomic E-state index is 0.124. The van der Waals surface area contributed by atoms with E-state index < -0.39 is 12.4 Å². The number of nitrogens with zero attached hydrogens (tertiary/aromatic N) is 5. The zero-order valence-electron chi connectivity index (χ0n) is 17.9. The van der Waals surface area contributed by atoms with Gasteiger partial charge in [-0.2, -0.15) is 0 Å². The van der Waals surface area contributed by atoms with Gasteiger partial charge in [0, 0.05) is 42.9 Å². The van der Waals surface area contributed by atoms with E-state index in [-0.39, 0.29) is 11.9 Å². The summed E-state index contributed by atoms with van der Waals surface area (Å²) in [7, 11) is 1.64. The van der Waals surface area contributed by atoms with Gasteiger partial charge in [0.05, 0.1) is 12.3 Å². The zero-order valence-corrected chi connectivity index (χ0v) is 17.9. The Hall–Kier alpha value is -4.02. The Kier molecular flexibility index (Phi) is 5.83. The Balaban J connectivity index is 1.45. The van der Waals surface area contributed by atoms with Crippen LogP contribution in [0.5, 0.6) is 0 Å². The maximum Gasteiger partial charge on any atom is 0.317 e. The number of fused-ring (bicyclic) bond motifs is 1. The van der Waals surface area contributed by atoms with Gasteiger partial charge < -0.3 is 29.5 Å². The molecule has 2 atom stereocenters. The van der Waals surface area contributed by atoms with E-state index in [4.69, 9.17) is 14.1 Å². The number of aliphatic hydroxyl groups excluding tert-OH is 1. The minimum atomic E-state index is -1.04. The summed E-state index contributed by atoms with van der Waals surface area (Å²) in [4.78, 5) is 9.12. The van der Waals surface area contributed by atoms with Crippen molar-refractivity contribution in [3.8, 4) is 11.7 Å². The van der Waals surface area contributed by atoms with Crippen molar-refractivity contribution in [1.82, 2.24) is 19.7 Å². The molecule has 1 unspecified atom stereocenters. The van der Waals surface area contributed by atoms with E-state index in [1.165, 1.54) is 0 Å². The lowest BCUT2D eigenvalue weighted by molar-refractivity contribution is 0.182. The molecule has 1 aliphatic rings. The van der Waals surface area contributed by atoms with Crippen LogP contribution in [0, 0.1) is 0 Å². The highest BCUT2D eigenvalue weighted by Crippen LogP contribution is 2.26. The second-order valence-electron chi connectivity index (χ2n) is 7.42. The van der Waals surface area contributed by atoms with Crippen LogP contribution in [0.4, 0.5) is 11.7 Å². The van der Waals surface area contributed by atoms with E-state index in [2.05, 4.69) is 25.8 Å². The lowest BCUT2D eigenvalue weighted by atomic mass is 10.0. The molecule has 0 bridgehead atoms. The molecule has 0 spiro atoms. The first kappa shape index (κ1) is 20.9. The quantitative estimate of drug-likeness (QED) is 0.397. The third-order valence-electron chi connectivity index (χ3n) is 5.24. The van der Waals surface area contributed by atoms with E-state index in [1.807, 2.05) is 65.4 Å². The molecule has 0 amide bonds. The lowest BCUT2D eigenvalue weighted by Gasteiger charge is -2.19. The molecule has 0 saturated heterocycles. The highest BCUT2D eigenvalue weighted by molar-refractivity contribution is 6.16. The summed E-state index contributed by atoms with van der Waals surface area (Å²) >= 11 is 0. The van der Waals surface area contributed by atoms with Crippen LogP contribution < -0.4 is 10.6 Å². The number of aliphatic imine (C=N–C) groups is 1. The average Bonchev–Trinajstić information content (AvgIpc) is 3.47. The molecule has 4 aromatic rings.